The zero-order valence-corrected chi connectivity index (χ0v) is 21.5. The van der Waals surface area contributed by atoms with Gasteiger partial charge in [0, 0.05) is 55.2 Å². The largest absolute Gasteiger partial charge is 0.478 e. The normalized spacial score (nSPS) is 15.8. The first-order chi connectivity index (χ1) is 17.3. The number of nitrogens with zero attached hydrogens (tertiary/aromatic N) is 2. The maximum atomic E-state index is 11.3. The van der Waals surface area contributed by atoms with Gasteiger partial charge < -0.3 is 19.0 Å². The average Bonchev–Trinajstić information content (AvgIpc) is 2.87. The van der Waals surface area contributed by atoms with Crippen LogP contribution in [0.1, 0.15) is 55.9 Å². The van der Waals surface area contributed by atoms with Crippen LogP contribution in [0.15, 0.2) is 49.1 Å². The molecule has 0 spiro atoms. The number of hydrogen-bond donors (Lipinski definition) is 0. The molecule has 0 bridgehead atoms. The second-order valence-corrected chi connectivity index (χ2v) is 10.1. The molecule has 0 atom stereocenters. The van der Waals surface area contributed by atoms with Gasteiger partial charge in [-0.2, -0.15) is 0 Å². The molecule has 2 heterocycles. The molecule has 0 saturated heterocycles. The Hall–Kier alpha value is -3.16. The van der Waals surface area contributed by atoms with Gasteiger partial charge in [0.05, 0.1) is 0 Å². The summed E-state index contributed by atoms with van der Waals surface area (Å²) >= 11 is 0. The van der Waals surface area contributed by atoms with Crippen LogP contribution in [-0.4, -0.2) is 54.7 Å². The van der Waals surface area contributed by atoms with Gasteiger partial charge in [0.25, 0.3) is 0 Å². The molecule has 0 N–H and O–H groups in total. The zero-order valence-electron chi connectivity index (χ0n) is 21.5. The molecule has 0 radical (unpaired) electrons. The van der Waals surface area contributed by atoms with Gasteiger partial charge in [-0.1, -0.05) is 32.6 Å². The Morgan fingerprint density at radius 2 is 1.53 bits per heavy atom. The first-order valence-electron chi connectivity index (χ1n) is 12.5. The maximum absolute atomic E-state index is 11.3. The molecular formula is C29H36N2O5. The lowest BCUT2D eigenvalue weighted by Crippen LogP contribution is -2.35. The van der Waals surface area contributed by atoms with Gasteiger partial charge >= 0.3 is 5.97 Å². The Morgan fingerprint density at radius 3 is 2.06 bits per heavy atom. The van der Waals surface area contributed by atoms with Crippen LogP contribution in [0.4, 0.5) is 0 Å². The summed E-state index contributed by atoms with van der Waals surface area (Å²) in [5, 5.41) is 0. The lowest BCUT2D eigenvalue weighted by Gasteiger charge is -2.33. The third-order valence-electron chi connectivity index (χ3n) is 6.98. The summed E-state index contributed by atoms with van der Waals surface area (Å²) < 4.78 is 17.1. The van der Waals surface area contributed by atoms with Gasteiger partial charge in [0.2, 0.25) is 0 Å². The van der Waals surface area contributed by atoms with Crippen molar-refractivity contribution in [2.75, 3.05) is 33.2 Å². The van der Waals surface area contributed by atoms with E-state index < -0.39 is 5.97 Å². The molecule has 0 amide bonds. The second-order valence-electron chi connectivity index (χ2n) is 10.1. The van der Waals surface area contributed by atoms with Gasteiger partial charge in [-0.15, -0.1) is 0 Å². The van der Waals surface area contributed by atoms with Crippen molar-refractivity contribution >= 4 is 11.8 Å². The lowest BCUT2D eigenvalue weighted by atomic mass is 9.77. The quantitative estimate of drug-likeness (QED) is 0.359. The Labute approximate surface area is 213 Å². The van der Waals surface area contributed by atoms with Crippen molar-refractivity contribution < 1.29 is 23.8 Å². The highest BCUT2D eigenvalue weighted by Crippen LogP contribution is 2.38. The molecule has 2 aliphatic heterocycles. The second kappa shape index (κ2) is 11.3. The molecular weight excluding hydrogens is 456 g/mol. The van der Waals surface area contributed by atoms with Gasteiger partial charge in [-0.25, -0.2) is 4.79 Å². The highest BCUT2D eigenvalue weighted by molar-refractivity contribution is 5.81. The molecule has 0 aromatic heterocycles. The number of fused-ring (bicyclic) bond motifs is 2. The topological polar surface area (TPSA) is 68.3 Å². The average molecular weight is 493 g/mol. The molecule has 0 fully saturated rings. The first kappa shape index (κ1) is 25.9. The number of hydrogen-bond acceptors (Lipinski definition) is 7. The summed E-state index contributed by atoms with van der Waals surface area (Å²) in [6.07, 6.45) is 2.63. The highest BCUT2D eigenvalue weighted by atomic mass is 16.5. The number of carbonyl (C=O) groups is 2. The van der Waals surface area contributed by atoms with Gasteiger partial charge in [0.15, 0.2) is 0 Å². The molecule has 7 heteroatoms. The number of ketones is 1. The molecule has 0 saturated carbocycles. The smallest absolute Gasteiger partial charge is 0.330 e. The Kier molecular flexibility index (Phi) is 8.11. The number of Topliss-reactive ketones (excluding diaryl/α,β-unsaturated/α-hetero) is 1. The first-order valence-corrected chi connectivity index (χ1v) is 12.5. The van der Waals surface area contributed by atoms with Crippen molar-refractivity contribution in [3.63, 3.8) is 0 Å². The Bertz CT molecular complexity index is 1130. The van der Waals surface area contributed by atoms with Crippen LogP contribution in [-0.2, 0) is 32.8 Å². The van der Waals surface area contributed by atoms with E-state index in [1.54, 1.807) is 6.92 Å². The third-order valence-corrected chi connectivity index (χ3v) is 6.98. The van der Waals surface area contributed by atoms with E-state index in [0.717, 1.165) is 43.1 Å². The maximum Gasteiger partial charge on any atom is 0.330 e. The number of esters is 1. The molecule has 7 nitrogen and oxygen atoms in total. The number of benzene rings is 2. The van der Waals surface area contributed by atoms with Crippen molar-refractivity contribution in [3.05, 3.63) is 71.3 Å². The fraction of sp³-hybridized carbons (Fsp3) is 0.448. The fourth-order valence-corrected chi connectivity index (χ4v) is 4.70. The summed E-state index contributed by atoms with van der Waals surface area (Å²) in [6.45, 7) is 13.9. The summed E-state index contributed by atoms with van der Waals surface area (Å²) in [5.74, 6) is 1.65. The van der Waals surface area contributed by atoms with Crippen molar-refractivity contribution in [2.24, 2.45) is 0 Å². The number of carbonyl (C=O) groups excluding carboxylic acids is 2. The van der Waals surface area contributed by atoms with E-state index >= 15 is 0 Å². The predicted molar refractivity (Wildman–Crippen MR) is 138 cm³/mol. The van der Waals surface area contributed by atoms with Crippen LogP contribution in [0, 0.1) is 0 Å². The third kappa shape index (κ3) is 6.15. The van der Waals surface area contributed by atoms with Crippen LogP contribution in [0.3, 0.4) is 0 Å². The highest BCUT2D eigenvalue weighted by Gasteiger charge is 2.28. The van der Waals surface area contributed by atoms with Crippen LogP contribution >= 0.6 is 0 Å². The molecule has 4 rings (SSSR count). The molecule has 2 aliphatic rings. The lowest BCUT2D eigenvalue weighted by molar-refractivity contribution is -0.138. The van der Waals surface area contributed by atoms with E-state index in [0.29, 0.717) is 33.0 Å². The fourth-order valence-electron chi connectivity index (χ4n) is 4.70. The van der Waals surface area contributed by atoms with Gasteiger partial charge in [0.1, 0.15) is 37.4 Å². The molecule has 192 valence electrons. The summed E-state index contributed by atoms with van der Waals surface area (Å²) in [5.41, 5.74) is 4.51. The zero-order chi connectivity index (χ0) is 25.7. The van der Waals surface area contributed by atoms with Crippen molar-refractivity contribution in [2.45, 2.75) is 52.1 Å². The molecule has 0 unspecified atom stereocenters. The van der Waals surface area contributed by atoms with Crippen molar-refractivity contribution in [3.8, 4) is 11.5 Å². The van der Waals surface area contributed by atoms with E-state index in [1.165, 1.54) is 22.8 Å². The molecule has 0 aliphatic carbocycles. The molecule has 2 aromatic carbocycles. The van der Waals surface area contributed by atoms with Gasteiger partial charge in [-0.05, 0) is 48.7 Å². The molecule has 36 heavy (non-hydrogen) atoms. The van der Waals surface area contributed by atoms with Crippen LogP contribution in [0.5, 0.6) is 11.5 Å². The van der Waals surface area contributed by atoms with E-state index in [2.05, 4.69) is 66.6 Å². The Balaban J connectivity index is 1.46. The van der Waals surface area contributed by atoms with Crippen LogP contribution in [0.2, 0.25) is 0 Å². The van der Waals surface area contributed by atoms with E-state index in [-0.39, 0.29) is 11.2 Å². The van der Waals surface area contributed by atoms with Crippen LogP contribution < -0.4 is 9.47 Å². The predicted octanol–water partition coefficient (Wildman–Crippen LogP) is 4.41. The SMILES string of the molecule is C=CC(=O)OCCN1COc2ccc(C(C)(C)c3ccc4c(c3)CN(CCCC(C)=O)CO4)cc2C1. The minimum absolute atomic E-state index is 0.220. The number of rotatable bonds is 10. The van der Waals surface area contributed by atoms with Crippen molar-refractivity contribution in [1.82, 2.24) is 9.80 Å². The minimum Gasteiger partial charge on any atom is -0.478 e. The van der Waals surface area contributed by atoms with E-state index in [9.17, 15) is 9.59 Å². The molecule has 2 aromatic rings. The van der Waals surface area contributed by atoms with Crippen LogP contribution in [0.25, 0.3) is 0 Å². The monoisotopic (exact) mass is 492 g/mol. The minimum atomic E-state index is -0.410. The van der Waals surface area contributed by atoms with E-state index in [4.69, 9.17) is 14.2 Å². The Morgan fingerprint density at radius 1 is 0.972 bits per heavy atom. The summed E-state index contributed by atoms with van der Waals surface area (Å²) in [4.78, 5) is 27.0. The van der Waals surface area contributed by atoms with Crippen molar-refractivity contribution in [1.29, 1.82) is 0 Å². The van der Waals surface area contributed by atoms with Gasteiger partial charge in [-0.3, -0.25) is 9.80 Å². The van der Waals surface area contributed by atoms with E-state index in [1.807, 2.05) is 0 Å². The number of ether oxygens (including phenoxy) is 3. The summed E-state index contributed by atoms with van der Waals surface area (Å²) in [7, 11) is 0. The summed E-state index contributed by atoms with van der Waals surface area (Å²) in [6, 6.07) is 12.9. The standard InChI is InChI=1S/C29H36N2O5/c1-5-28(33)34-14-13-31-18-23-16-25(9-11-27(23)36-20-31)29(3,4)24-8-10-26-22(15-24)17-30(19-35-26)12-6-7-21(2)32/h5,8-11,15-16H,1,6-7,12-14,17-20H2,2-4H3.